The van der Waals surface area contributed by atoms with Crippen LogP contribution in [0.1, 0.15) is 56.5 Å². The van der Waals surface area contributed by atoms with Crippen LogP contribution in [0.5, 0.6) is 0 Å². The normalized spacial score (nSPS) is 15.4. The van der Waals surface area contributed by atoms with Crippen LogP contribution in [0.4, 0.5) is 4.39 Å². The highest BCUT2D eigenvalue weighted by molar-refractivity contribution is 14.0. The molecule has 1 fully saturated rings. The zero-order valence-corrected chi connectivity index (χ0v) is 18.4. The highest BCUT2D eigenvalue weighted by Gasteiger charge is 2.45. The number of rotatable bonds is 7. The van der Waals surface area contributed by atoms with Crippen molar-refractivity contribution in [1.29, 1.82) is 0 Å². The number of halogens is 2. The first-order valence-electron chi connectivity index (χ1n) is 9.27. The van der Waals surface area contributed by atoms with E-state index in [0.717, 1.165) is 36.4 Å². The van der Waals surface area contributed by atoms with Crippen molar-refractivity contribution in [1.82, 2.24) is 15.8 Å². The second kappa shape index (κ2) is 9.52. The fourth-order valence-corrected chi connectivity index (χ4v) is 3.01. The van der Waals surface area contributed by atoms with Crippen LogP contribution >= 0.6 is 24.0 Å². The van der Waals surface area contributed by atoms with Gasteiger partial charge in [-0.25, -0.2) is 9.38 Å². The number of nitrogens with one attached hydrogen (secondary N) is 2. The molecule has 0 saturated heterocycles. The van der Waals surface area contributed by atoms with Crippen molar-refractivity contribution in [2.45, 2.75) is 51.5 Å². The van der Waals surface area contributed by atoms with Crippen LogP contribution in [0.3, 0.4) is 0 Å². The summed E-state index contributed by atoms with van der Waals surface area (Å²) in [5, 5.41) is 10.6. The lowest BCUT2D eigenvalue weighted by molar-refractivity contribution is 0.376. The average molecular weight is 486 g/mol. The molecule has 27 heavy (non-hydrogen) atoms. The summed E-state index contributed by atoms with van der Waals surface area (Å²) in [6.07, 6.45) is 1.97. The van der Waals surface area contributed by atoms with Gasteiger partial charge in [-0.1, -0.05) is 37.2 Å². The Balaban J connectivity index is 0.00000261. The molecule has 1 aliphatic rings. The summed E-state index contributed by atoms with van der Waals surface area (Å²) in [5.41, 5.74) is 1.60. The van der Waals surface area contributed by atoms with Crippen molar-refractivity contribution in [3.8, 4) is 0 Å². The summed E-state index contributed by atoms with van der Waals surface area (Å²) in [6.45, 7) is 8.01. The molecule has 148 valence electrons. The molecular formula is C20H28FIN4O. The van der Waals surface area contributed by atoms with E-state index in [4.69, 9.17) is 4.52 Å². The maximum atomic E-state index is 14.1. The Morgan fingerprint density at radius 3 is 2.63 bits per heavy atom. The van der Waals surface area contributed by atoms with Gasteiger partial charge in [0.15, 0.2) is 11.7 Å². The summed E-state index contributed by atoms with van der Waals surface area (Å²) in [7, 11) is 0. The van der Waals surface area contributed by atoms with Crippen LogP contribution in [0, 0.1) is 5.82 Å². The van der Waals surface area contributed by atoms with Crippen LogP contribution in [0.2, 0.25) is 0 Å². The topological polar surface area (TPSA) is 62.5 Å². The van der Waals surface area contributed by atoms with Crippen molar-refractivity contribution in [2.75, 3.05) is 13.1 Å². The third kappa shape index (κ3) is 5.43. The molecule has 0 spiro atoms. The standard InChI is InChI=1S/C20H27FN4O.HI/c1-4-22-19(23-12-15-11-18(14(2)3)25-26-15)24-13-20(9-10-20)16-7-5-6-8-17(16)21;/h5-8,11,14H,4,9-10,12-13H2,1-3H3,(H2,22,23,24);1H. The quantitative estimate of drug-likeness (QED) is 0.347. The van der Waals surface area contributed by atoms with Crippen LogP contribution in [0.25, 0.3) is 0 Å². The number of benzene rings is 1. The van der Waals surface area contributed by atoms with Gasteiger partial charge in [0.2, 0.25) is 0 Å². The van der Waals surface area contributed by atoms with Crippen LogP contribution in [0.15, 0.2) is 39.8 Å². The number of aromatic nitrogens is 1. The van der Waals surface area contributed by atoms with E-state index in [2.05, 4.69) is 34.6 Å². The third-order valence-electron chi connectivity index (χ3n) is 4.80. The van der Waals surface area contributed by atoms with Gasteiger partial charge in [-0.15, -0.1) is 24.0 Å². The maximum absolute atomic E-state index is 14.1. The van der Waals surface area contributed by atoms with E-state index < -0.39 is 0 Å². The van der Waals surface area contributed by atoms with Gasteiger partial charge in [0.25, 0.3) is 0 Å². The largest absolute Gasteiger partial charge is 0.359 e. The van der Waals surface area contributed by atoms with E-state index in [1.54, 1.807) is 6.07 Å². The minimum absolute atomic E-state index is 0. The Bertz CT molecular complexity index is 771. The first-order chi connectivity index (χ1) is 12.5. The first-order valence-corrected chi connectivity index (χ1v) is 9.27. The second-order valence-electron chi connectivity index (χ2n) is 7.18. The van der Waals surface area contributed by atoms with Crippen LogP contribution < -0.4 is 10.6 Å². The smallest absolute Gasteiger partial charge is 0.191 e. The molecule has 1 aromatic heterocycles. The lowest BCUT2D eigenvalue weighted by Crippen LogP contribution is -2.41. The van der Waals surface area contributed by atoms with Gasteiger partial charge in [0.05, 0.1) is 5.69 Å². The summed E-state index contributed by atoms with van der Waals surface area (Å²) in [4.78, 5) is 4.57. The summed E-state index contributed by atoms with van der Waals surface area (Å²) < 4.78 is 19.5. The highest BCUT2D eigenvalue weighted by Crippen LogP contribution is 2.48. The van der Waals surface area contributed by atoms with Gasteiger partial charge < -0.3 is 15.2 Å². The zero-order chi connectivity index (χ0) is 18.6. The molecule has 0 unspecified atom stereocenters. The van der Waals surface area contributed by atoms with Crippen molar-refractivity contribution >= 4 is 29.9 Å². The van der Waals surface area contributed by atoms with Gasteiger partial charge >= 0.3 is 0 Å². The monoisotopic (exact) mass is 486 g/mol. The fraction of sp³-hybridized carbons (Fsp3) is 0.500. The predicted molar refractivity (Wildman–Crippen MR) is 116 cm³/mol. The molecule has 0 radical (unpaired) electrons. The number of hydrogen-bond acceptors (Lipinski definition) is 3. The van der Waals surface area contributed by atoms with Crippen molar-refractivity contribution in [2.24, 2.45) is 4.99 Å². The Labute approximate surface area is 177 Å². The van der Waals surface area contributed by atoms with E-state index in [1.807, 2.05) is 25.1 Å². The Kier molecular flexibility index (Phi) is 7.64. The van der Waals surface area contributed by atoms with Crippen molar-refractivity contribution in [3.05, 3.63) is 53.2 Å². The Hall–Kier alpha value is -1.64. The molecule has 5 nitrogen and oxygen atoms in total. The third-order valence-corrected chi connectivity index (χ3v) is 4.80. The minimum Gasteiger partial charge on any atom is -0.359 e. The number of aliphatic imine (C=N–C) groups is 1. The number of nitrogens with zero attached hydrogens (tertiary/aromatic N) is 2. The Morgan fingerprint density at radius 2 is 2.04 bits per heavy atom. The van der Waals surface area contributed by atoms with Gasteiger partial charge in [-0.05, 0) is 37.3 Å². The molecule has 0 bridgehead atoms. The number of guanidine groups is 1. The van der Waals surface area contributed by atoms with Gasteiger partial charge in [0, 0.05) is 24.6 Å². The van der Waals surface area contributed by atoms with Gasteiger partial charge in [-0.3, -0.25) is 0 Å². The van der Waals surface area contributed by atoms with E-state index in [9.17, 15) is 4.39 Å². The molecule has 1 saturated carbocycles. The second-order valence-corrected chi connectivity index (χ2v) is 7.18. The molecule has 1 aliphatic carbocycles. The summed E-state index contributed by atoms with van der Waals surface area (Å²) >= 11 is 0. The van der Waals surface area contributed by atoms with Crippen LogP contribution in [-0.2, 0) is 12.0 Å². The molecular weight excluding hydrogens is 458 g/mol. The molecule has 7 heteroatoms. The van der Waals surface area contributed by atoms with Gasteiger partial charge in [0.1, 0.15) is 12.4 Å². The lowest BCUT2D eigenvalue weighted by atomic mass is 9.95. The molecule has 3 rings (SSSR count). The van der Waals surface area contributed by atoms with Crippen LogP contribution in [-0.4, -0.2) is 24.2 Å². The predicted octanol–water partition coefficient (Wildman–Crippen LogP) is 4.34. The summed E-state index contributed by atoms with van der Waals surface area (Å²) in [6, 6.07) is 8.99. The van der Waals surface area contributed by atoms with Gasteiger partial charge in [-0.2, -0.15) is 0 Å². The molecule has 2 N–H and O–H groups in total. The van der Waals surface area contributed by atoms with E-state index in [-0.39, 0.29) is 35.2 Å². The van der Waals surface area contributed by atoms with Crippen molar-refractivity contribution < 1.29 is 8.91 Å². The van der Waals surface area contributed by atoms with E-state index >= 15 is 0 Å². The zero-order valence-electron chi connectivity index (χ0n) is 16.1. The molecule has 0 aliphatic heterocycles. The van der Waals surface area contributed by atoms with E-state index in [0.29, 0.717) is 25.0 Å². The maximum Gasteiger partial charge on any atom is 0.191 e. The molecule has 1 aromatic carbocycles. The lowest BCUT2D eigenvalue weighted by Gasteiger charge is -2.19. The Morgan fingerprint density at radius 1 is 1.30 bits per heavy atom. The van der Waals surface area contributed by atoms with Crippen molar-refractivity contribution in [3.63, 3.8) is 0 Å². The molecule has 0 amide bonds. The molecule has 2 aromatic rings. The molecule has 0 atom stereocenters. The minimum atomic E-state index is -0.128. The fourth-order valence-electron chi connectivity index (χ4n) is 3.01. The first kappa shape index (κ1) is 21.7. The summed E-state index contributed by atoms with van der Waals surface area (Å²) in [5.74, 6) is 1.65. The highest BCUT2D eigenvalue weighted by atomic mass is 127. The van der Waals surface area contributed by atoms with E-state index in [1.165, 1.54) is 6.07 Å². The SMILES string of the molecule is CCNC(=NCc1cc(C(C)C)no1)NCC1(c2ccccc2F)CC1.I. The number of hydrogen-bond donors (Lipinski definition) is 2. The average Bonchev–Trinajstić information content (AvgIpc) is 3.25. The molecule has 1 heterocycles.